The topological polar surface area (TPSA) is 46.3 Å². The van der Waals surface area contributed by atoms with E-state index in [0.29, 0.717) is 18.7 Å². The van der Waals surface area contributed by atoms with E-state index in [9.17, 15) is 9.18 Å². The van der Waals surface area contributed by atoms with Crippen molar-refractivity contribution in [3.63, 3.8) is 0 Å². The molecule has 2 atom stereocenters. The number of halogens is 2. The number of nitrogens with two attached hydrogens (primary N) is 1. The molecular weight excluding hydrogens is 267 g/mol. The van der Waals surface area contributed by atoms with E-state index >= 15 is 0 Å². The van der Waals surface area contributed by atoms with Gasteiger partial charge in [-0.15, -0.1) is 12.4 Å². The van der Waals surface area contributed by atoms with Gasteiger partial charge in [-0.3, -0.25) is 4.79 Å². The van der Waals surface area contributed by atoms with Crippen LogP contribution in [0.4, 0.5) is 4.39 Å². The van der Waals surface area contributed by atoms with E-state index in [4.69, 9.17) is 5.73 Å². The maximum Gasteiger partial charge on any atom is 0.254 e. The van der Waals surface area contributed by atoms with Crippen LogP contribution in [0.5, 0.6) is 0 Å². The van der Waals surface area contributed by atoms with Gasteiger partial charge >= 0.3 is 0 Å². The van der Waals surface area contributed by atoms with Crippen LogP contribution >= 0.6 is 12.4 Å². The number of nitrogens with zero attached hydrogens (tertiary/aromatic N) is 1. The first-order valence-corrected chi connectivity index (χ1v) is 6.30. The zero-order chi connectivity index (χ0) is 13.3. The Bertz CT molecular complexity index is 467. The summed E-state index contributed by atoms with van der Waals surface area (Å²) in [5.74, 6) is -0.173. The van der Waals surface area contributed by atoms with Crippen LogP contribution < -0.4 is 5.73 Å². The zero-order valence-electron chi connectivity index (χ0n) is 11.2. The highest BCUT2D eigenvalue weighted by Crippen LogP contribution is 2.19. The summed E-state index contributed by atoms with van der Waals surface area (Å²) in [6.45, 7) is 5.17. The second-order valence-electron chi connectivity index (χ2n) is 5.14. The molecular formula is C14H20ClFN2O. The first-order chi connectivity index (χ1) is 8.49. The van der Waals surface area contributed by atoms with Crippen LogP contribution in [0.25, 0.3) is 0 Å². The van der Waals surface area contributed by atoms with Crippen LogP contribution in [-0.4, -0.2) is 29.9 Å². The van der Waals surface area contributed by atoms with Crippen molar-refractivity contribution in [3.8, 4) is 0 Å². The Hall–Kier alpha value is -1.13. The Labute approximate surface area is 119 Å². The van der Waals surface area contributed by atoms with Crippen molar-refractivity contribution in [2.45, 2.75) is 26.3 Å². The monoisotopic (exact) mass is 286 g/mol. The van der Waals surface area contributed by atoms with Crippen LogP contribution in [0, 0.1) is 18.7 Å². The first-order valence-electron chi connectivity index (χ1n) is 6.30. The van der Waals surface area contributed by atoms with Gasteiger partial charge in [-0.2, -0.15) is 0 Å². The van der Waals surface area contributed by atoms with Gasteiger partial charge in [-0.25, -0.2) is 4.39 Å². The number of hydrogen-bond acceptors (Lipinski definition) is 2. The smallest absolute Gasteiger partial charge is 0.254 e. The van der Waals surface area contributed by atoms with Gasteiger partial charge in [0.2, 0.25) is 0 Å². The molecule has 0 radical (unpaired) electrons. The minimum atomic E-state index is -0.370. The third-order valence-electron chi connectivity index (χ3n) is 3.69. The summed E-state index contributed by atoms with van der Waals surface area (Å²) in [5.41, 5.74) is 7.20. The number of carbonyl (C=O) groups excluding carboxylic acids is 1. The maximum atomic E-state index is 13.2. The Kier molecular flexibility index (Phi) is 5.32. The Morgan fingerprint density at radius 2 is 2.16 bits per heavy atom. The number of benzene rings is 1. The molecule has 1 aromatic carbocycles. The minimum absolute atomic E-state index is 0. The fourth-order valence-electron chi connectivity index (χ4n) is 2.34. The normalized spacial score (nSPS) is 22.8. The molecule has 3 nitrogen and oxygen atoms in total. The summed E-state index contributed by atoms with van der Waals surface area (Å²) >= 11 is 0. The van der Waals surface area contributed by atoms with Crippen molar-refractivity contribution in [3.05, 3.63) is 35.1 Å². The van der Waals surface area contributed by atoms with Crippen molar-refractivity contribution in [1.82, 2.24) is 4.90 Å². The zero-order valence-corrected chi connectivity index (χ0v) is 12.0. The third-order valence-corrected chi connectivity index (χ3v) is 3.69. The van der Waals surface area contributed by atoms with Crippen LogP contribution in [0.2, 0.25) is 0 Å². The van der Waals surface area contributed by atoms with Gasteiger partial charge < -0.3 is 10.6 Å². The molecule has 1 aliphatic rings. The highest BCUT2D eigenvalue weighted by atomic mass is 35.5. The van der Waals surface area contributed by atoms with E-state index in [2.05, 4.69) is 0 Å². The van der Waals surface area contributed by atoms with Crippen LogP contribution in [-0.2, 0) is 0 Å². The Morgan fingerprint density at radius 1 is 1.47 bits per heavy atom. The molecule has 0 saturated carbocycles. The molecule has 5 heteroatoms. The quantitative estimate of drug-likeness (QED) is 0.861. The highest BCUT2D eigenvalue weighted by Gasteiger charge is 2.27. The number of piperidine rings is 1. The van der Waals surface area contributed by atoms with E-state index in [1.807, 2.05) is 13.8 Å². The van der Waals surface area contributed by atoms with Crippen molar-refractivity contribution in [1.29, 1.82) is 0 Å². The number of aryl methyl sites for hydroxylation is 1. The third kappa shape index (κ3) is 3.45. The molecule has 106 valence electrons. The largest absolute Gasteiger partial charge is 0.338 e. The molecule has 2 unspecified atom stereocenters. The summed E-state index contributed by atoms with van der Waals surface area (Å²) in [4.78, 5) is 14.1. The van der Waals surface area contributed by atoms with Gasteiger partial charge in [-0.05, 0) is 37.0 Å². The van der Waals surface area contributed by atoms with Gasteiger partial charge in [0.05, 0.1) is 0 Å². The Morgan fingerprint density at radius 3 is 2.79 bits per heavy atom. The summed E-state index contributed by atoms with van der Waals surface area (Å²) in [5, 5.41) is 0. The fraction of sp³-hybridized carbons (Fsp3) is 0.500. The van der Waals surface area contributed by atoms with Gasteiger partial charge in [0, 0.05) is 24.7 Å². The molecule has 1 amide bonds. The average Bonchev–Trinajstić information content (AvgIpc) is 2.35. The van der Waals surface area contributed by atoms with E-state index in [1.54, 1.807) is 11.0 Å². The standard InChI is InChI=1S/C14H19FN2O.ClH/c1-9-3-4-11(15)7-12(9)14(18)17-6-5-13(16)10(2)8-17;/h3-4,7,10,13H,5-6,8,16H2,1-2H3;1H. The maximum absolute atomic E-state index is 13.2. The molecule has 0 aliphatic carbocycles. The molecule has 0 aromatic heterocycles. The predicted molar refractivity (Wildman–Crippen MR) is 76.0 cm³/mol. The Balaban J connectivity index is 0.00000180. The number of rotatable bonds is 1. The van der Waals surface area contributed by atoms with Gasteiger partial charge in [0.1, 0.15) is 5.82 Å². The summed E-state index contributed by atoms with van der Waals surface area (Å²) in [6.07, 6.45) is 0.807. The lowest BCUT2D eigenvalue weighted by Crippen LogP contribution is -2.48. The fourth-order valence-corrected chi connectivity index (χ4v) is 2.34. The molecule has 1 saturated heterocycles. The number of likely N-dealkylation sites (tertiary alicyclic amines) is 1. The highest BCUT2D eigenvalue weighted by molar-refractivity contribution is 5.95. The van der Waals surface area contributed by atoms with Crippen molar-refractivity contribution < 1.29 is 9.18 Å². The summed E-state index contributed by atoms with van der Waals surface area (Å²) in [6, 6.07) is 4.49. The van der Waals surface area contributed by atoms with Crippen molar-refractivity contribution in [2.24, 2.45) is 11.7 Å². The van der Waals surface area contributed by atoms with Gasteiger partial charge in [0.25, 0.3) is 5.91 Å². The van der Waals surface area contributed by atoms with Gasteiger partial charge in [0.15, 0.2) is 0 Å². The molecule has 1 aromatic rings. The molecule has 0 bridgehead atoms. The number of amides is 1. The predicted octanol–water partition coefficient (Wildman–Crippen LogP) is 2.37. The molecule has 2 N–H and O–H groups in total. The summed E-state index contributed by atoms with van der Waals surface area (Å²) < 4.78 is 13.2. The molecule has 1 heterocycles. The second-order valence-corrected chi connectivity index (χ2v) is 5.14. The summed E-state index contributed by atoms with van der Waals surface area (Å²) in [7, 11) is 0. The second kappa shape index (κ2) is 6.35. The SMILES string of the molecule is Cc1ccc(F)cc1C(=O)N1CCC(N)C(C)C1.Cl. The molecule has 1 fully saturated rings. The number of carbonyl (C=O) groups is 1. The molecule has 19 heavy (non-hydrogen) atoms. The lowest BCUT2D eigenvalue weighted by atomic mass is 9.94. The molecule has 0 spiro atoms. The van der Waals surface area contributed by atoms with E-state index in [1.165, 1.54) is 12.1 Å². The van der Waals surface area contributed by atoms with E-state index in [-0.39, 0.29) is 36.1 Å². The van der Waals surface area contributed by atoms with E-state index in [0.717, 1.165) is 12.0 Å². The minimum Gasteiger partial charge on any atom is -0.338 e. The van der Waals surface area contributed by atoms with Crippen LogP contribution in [0.15, 0.2) is 18.2 Å². The van der Waals surface area contributed by atoms with E-state index < -0.39 is 0 Å². The number of hydrogen-bond donors (Lipinski definition) is 1. The van der Waals surface area contributed by atoms with Gasteiger partial charge in [-0.1, -0.05) is 13.0 Å². The molecule has 1 aliphatic heterocycles. The van der Waals surface area contributed by atoms with Crippen LogP contribution in [0.3, 0.4) is 0 Å². The average molecular weight is 287 g/mol. The first kappa shape index (κ1) is 15.9. The van der Waals surface area contributed by atoms with Crippen LogP contribution in [0.1, 0.15) is 29.3 Å². The lowest BCUT2D eigenvalue weighted by molar-refractivity contribution is 0.0663. The lowest BCUT2D eigenvalue weighted by Gasteiger charge is -2.35. The molecule has 2 rings (SSSR count). The van der Waals surface area contributed by atoms with Crippen molar-refractivity contribution in [2.75, 3.05) is 13.1 Å². The van der Waals surface area contributed by atoms with Crippen molar-refractivity contribution >= 4 is 18.3 Å².